The second-order valence-corrected chi connectivity index (χ2v) is 4.90. The highest BCUT2D eigenvalue weighted by Crippen LogP contribution is 2.04. The number of amides is 2. The van der Waals surface area contributed by atoms with Crippen molar-refractivity contribution in [3.63, 3.8) is 0 Å². The van der Waals surface area contributed by atoms with Gasteiger partial charge >= 0.3 is 0 Å². The van der Waals surface area contributed by atoms with Gasteiger partial charge in [0.1, 0.15) is 12.6 Å². The third kappa shape index (κ3) is 7.41. The van der Waals surface area contributed by atoms with Crippen molar-refractivity contribution >= 4 is 11.8 Å². The summed E-state index contributed by atoms with van der Waals surface area (Å²) in [6.07, 6.45) is 2.20. The maximum atomic E-state index is 11.7. The van der Waals surface area contributed by atoms with Crippen molar-refractivity contribution in [3.05, 3.63) is 35.9 Å². The molecule has 1 aromatic rings. The van der Waals surface area contributed by atoms with Crippen LogP contribution in [0, 0.1) is 11.3 Å². The Morgan fingerprint density at radius 3 is 2.64 bits per heavy atom. The van der Waals surface area contributed by atoms with E-state index in [0.717, 1.165) is 5.56 Å². The number of rotatable bonds is 10. The topological polar surface area (TPSA) is 105 Å². The van der Waals surface area contributed by atoms with Crippen LogP contribution in [-0.2, 0) is 20.9 Å². The van der Waals surface area contributed by atoms with Crippen LogP contribution < -0.4 is 11.1 Å². The largest absolute Gasteiger partial charge is 0.368 e. The molecule has 6 heteroatoms. The lowest BCUT2D eigenvalue weighted by Gasteiger charge is -2.15. The molecule has 0 heterocycles. The van der Waals surface area contributed by atoms with Gasteiger partial charge in [0.15, 0.2) is 0 Å². The maximum absolute atomic E-state index is 11.7. The summed E-state index contributed by atoms with van der Waals surface area (Å²) in [4.78, 5) is 23.0. The zero-order valence-electron chi connectivity index (χ0n) is 12.5. The molecule has 118 valence electrons. The quantitative estimate of drug-likeness (QED) is 0.635. The molecule has 2 amide bonds. The first-order valence-corrected chi connectivity index (χ1v) is 7.20. The number of carbonyl (C=O) groups excluding carboxylic acids is 2. The molecule has 1 atom stereocenters. The average Bonchev–Trinajstić information content (AvgIpc) is 2.51. The van der Waals surface area contributed by atoms with E-state index >= 15 is 0 Å². The SMILES string of the molecule is N#CCCCC[C@H](NC(=O)COCc1ccccc1)C(N)=O. The van der Waals surface area contributed by atoms with Crippen LogP contribution >= 0.6 is 0 Å². The zero-order chi connectivity index (χ0) is 16.2. The van der Waals surface area contributed by atoms with Gasteiger partial charge in [-0.25, -0.2) is 0 Å². The maximum Gasteiger partial charge on any atom is 0.246 e. The van der Waals surface area contributed by atoms with Gasteiger partial charge in [-0.3, -0.25) is 9.59 Å². The van der Waals surface area contributed by atoms with E-state index < -0.39 is 11.9 Å². The summed E-state index contributed by atoms with van der Waals surface area (Å²) in [5.41, 5.74) is 6.23. The van der Waals surface area contributed by atoms with Gasteiger partial charge in [-0.05, 0) is 24.8 Å². The molecule has 0 fully saturated rings. The molecular weight excluding hydrogens is 282 g/mol. The Balaban J connectivity index is 2.28. The molecule has 0 aliphatic heterocycles. The van der Waals surface area contributed by atoms with E-state index in [4.69, 9.17) is 15.7 Å². The minimum absolute atomic E-state index is 0.128. The van der Waals surface area contributed by atoms with Crippen LogP contribution in [0.15, 0.2) is 30.3 Å². The Morgan fingerprint density at radius 2 is 2.00 bits per heavy atom. The molecule has 0 bridgehead atoms. The van der Waals surface area contributed by atoms with E-state index in [1.54, 1.807) is 0 Å². The molecule has 1 rings (SSSR count). The third-order valence-corrected chi connectivity index (χ3v) is 3.05. The van der Waals surface area contributed by atoms with E-state index in [2.05, 4.69) is 5.32 Å². The minimum atomic E-state index is -0.716. The number of ether oxygens (including phenoxy) is 1. The number of primary amides is 1. The Kier molecular flexibility index (Phi) is 8.31. The molecule has 3 N–H and O–H groups in total. The Hall–Kier alpha value is -2.39. The summed E-state index contributed by atoms with van der Waals surface area (Å²) < 4.78 is 5.30. The number of unbranched alkanes of at least 4 members (excludes halogenated alkanes) is 2. The van der Waals surface area contributed by atoms with Gasteiger partial charge in [-0.1, -0.05) is 30.3 Å². The van der Waals surface area contributed by atoms with Crippen molar-refractivity contribution in [1.82, 2.24) is 5.32 Å². The van der Waals surface area contributed by atoms with Crippen LogP contribution in [0.25, 0.3) is 0 Å². The highest BCUT2D eigenvalue weighted by molar-refractivity contribution is 5.86. The standard InChI is InChI=1S/C16H21N3O3/c17-10-6-2-5-9-14(16(18)21)19-15(20)12-22-11-13-7-3-1-4-8-13/h1,3-4,7-8,14H,2,5-6,9,11-12H2,(H2,18,21)(H,19,20)/t14-/m0/s1. The normalized spacial score (nSPS) is 11.4. The molecule has 0 aliphatic rings. The lowest BCUT2D eigenvalue weighted by atomic mass is 10.1. The number of nitrogens with one attached hydrogen (secondary N) is 1. The van der Waals surface area contributed by atoms with Crippen molar-refractivity contribution < 1.29 is 14.3 Å². The van der Waals surface area contributed by atoms with Crippen molar-refractivity contribution in [3.8, 4) is 6.07 Å². The molecule has 0 aromatic heterocycles. The molecular formula is C16H21N3O3. The van der Waals surface area contributed by atoms with E-state index in [1.807, 2.05) is 36.4 Å². The summed E-state index contributed by atoms with van der Waals surface area (Å²) >= 11 is 0. The lowest BCUT2D eigenvalue weighted by Crippen LogP contribution is -2.45. The first-order chi connectivity index (χ1) is 10.6. The van der Waals surface area contributed by atoms with Crippen LogP contribution in [0.4, 0.5) is 0 Å². The Bertz CT molecular complexity index is 511. The first-order valence-electron chi connectivity index (χ1n) is 7.20. The van der Waals surface area contributed by atoms with Crippen LogP contribution in [0.5, 0.6) is 0 Å². The van der Waals surface area contributed by atoms with E-state index in [-0.39, 0.29) is 12.5 Å². The average molecular weight is 303 g/mol. The van der Waals surface area contributed by atoms with E-state index in [1.165, 1.54) is 0 Å². The molecule has 0 aliphatic carbocycles. The highest BCUT2D eigenvalue weighted by atomic mass is 16.5. The van der Waals surface area contributed by atoms with Gasteiger partial charge in [-0.15, -0.1) is 0 Å². The fraction of sp³-hybridized carbons (Fsp3) is 0.438. The predicted octanol–water partition coefficient (Wildman–Crippen LogP) is 1.26. The molecule has 0 spiro atoms. The smallest absolute Gasteiger partial charge is 0.246 e. The lowest BCUT2D eigenvalue weighted by molar-refractivity contribution is -0.130. The second kappa shape index (κ2) is 10.4. The van der Waals surface area contributed by atoms with Gasteiger partial charge in [0.25, 0.3) is 0 Å². The molecule has 0 saturated heterocycles. The number of hydrogen-bond donors (Lipinski definition) is 2. The van der Waals surface area contributed by atoms with E-state index in [9.17, 15) is 9.59 Å². The third-order valence-electron chi connectivity index (χ3n) is 3.05. The molecule has 0 saturated carbocycles. The van der Waals surface area contributed by atoms with Crippen molar-refractivity contribution in [2.75, 3.05) is 6.61 Å². The molecule has 0 radical (unpaired) electrons. The van der Waals surface area contributed by atoms with Crippen LogP contribution in [-0.4, -0.2) is 24.5 Å². The Labute approximate surface area is 130 Å². The molecule has 1 aromatic carbocycles. The van der Waals surface area contributed by atoms with Gasteiger partial charge in [-0.2, -0.15) is 5.26 Å². The summed E-state index contributed by atoms with van der Waals surface area (Å²) in [5.74, 6) is -0.951. The number of benzene rings is 1. The van der Waals surface area contributed by atoms with Crippen molar-refractivity contribution in [2.45, 2.75) is 38.3 Å². The number of nitrogens with zero attached hydrogens (tertiary/aromatic N) is 1. The fourth-order valence-electron chi connectivity index (χ4n) is 1.91. The van der Waals surface area contributed by atoms with Crippen LogP contribution in [0.2, 0.25) is 0 Å². The van der Waals surface area contributed by atoms with E-state index in [0.29, 0.717) is 32.3 Å². The van der Waals surface area contributed by atoms with Crippen molar-refractivity contribution in [2.24, 2.45) is 5.73 Å². The fourth-order valence-corrected chi connectivity index (χ4v) is 1.91. The van der Waals surface area contributed by atoms with Gasteiger partial charge in [0, 0.05) is 6.42 Å². The molecule has 6 nitrogen and oxygen atoms in total. The van der Waals surface area contributed by atoms with Gasteiger partial charge < -0.3 is 15.8 Å². The van der Waals surface area contributed by atoms with Gasteiger partial charge in [0.2, 0.25) is 11.8 Å². The van der Waals surface area contributed by atoms with Crippen LogP contribution in [0.1, 0.15) is 31.2 Å². The monoisotopic (exact) mass is 303 g/mol. The second-order valence-electron chi connectivity index (χ2n) is 4.90. The summed E-state index contributed by atoms with van der Waals surface area (Å²) in [7, 11) is 0. The minimum Gasteiger partial charge on any atom is -0.368 e. The number of hydrogen-bond acceptors (Lipinski definition) is 4. The Morgan fingerprint density at radius 1 is 1.27 bits per heavy atom. The molecule has 0 unspecified atom stereocenters. The zero-order valence-corrected chi connectivity index (χ0v) is 12.5. The molecule has 22 heavy (non-hydrogen) atoms. The van der Waals surface area contributed by atoms with Crippen molar-refractivity contribution in [1.29, 1.82) is 5.26 Å². The number of carbonyl (C=O) groups is 2. The highest BCUT2D eigenvalue weighted by Gasteiger charge is 2.17. The number of nitrogens with two attached hydrogens (primary N) is 1. The summed E-state index contributed by atoms with van der Waals surface area (Å²) in [6, 6.07) is 10.8. The van der Waals surface area contributed by atoms with Gasteiger partial charge in [0.05, 0.1) is 12.7 Å². The van der Waals surface area contributed by atoms with Crippen LogP contribution in [0.3, 0.4) is 0 Å². The predicted molar refractivity (Wildman–Crippen MR) is 81.3 cm³/mol. The first kappa shape index (κ1) is 17.7. The number of nitriles is 1. The summed E-state index contributed by atoms with van der Waals surface area (Å²) in [6.45, 7) is 0.203. The summed E-state index contributed by atoms with van der Waals surface area (Å²) in [5, 5.41) is 11.0.